The first-order chi connectivity index (χ1) is 6.96. The van der Waals surface area contributed by atoms with E-state index < -0.39 is 0 Å². The molecule has 0 spiro atoms. The predicted molar refractivity (Wildman–Crippen MR) is 59.7 cm³/mol. The van der Waals surface area contributed by atoms with Gasteiger partial charge in [-0.2, -0.15) is 0 Å². The van der Waals surface area contributed by atoms with Gasteiger partial charge in [-0.1, -0.05) is 20.8 Å². The van der Waals surface area contributed by atoms with Gasteiger partial charge < -0.3 is 5.32 Å². The number of carbonyl (C=O) groups is 1. The first kappa shape index (κ1) is 10.1. The maximum Gasteiger partial charge on any atom is 0.230 e. The smallest absolute Gasteiger partial charge is 0.230 e. The standard InChI is InChI=1S/C12H16N2O/c1-12(2,3)7-8-4-5-13-9-6-10(15)14-11(8)9/h4-5H,6-7H2,1-3H3,(H,14,15). The summed E-state index contributed by atoms with van der Waals surface area (Å²) in [4.78, 5) is 15.5. The molecule has 1 aromatic rings. The lowest BCUT2D eigenvalue weighted by molar-refractivity contribution is -0.115. The van der Waals surface area contributed by atoms with Crippen molar-refractivity contribution in [1.82, 2.24) is 4.98 Å². The lowest BCUT2D eigenvalue weighted by atomic mass is 9.87. The van der Waals surface area contributed by atoms with Crippen LogP contribution in [0.3, 0.4) is 0 Å². The van der Waals surface area contributed by atoms with Crippen molar-refractivity contribution in [3.8, 4) is 0 Å². The van der Waals surface area contributed by atoms with E-state index >= 15 is 0 Å². The van der Waals surface area contributed by atoms with Gasteiger partial charge in [-0.25, -0.2) is 0 Å². The molecule has 0 radical (unpaired) electrons. The Morgan fingerprint density at radius 3 is 2.87 bits per heavy atom. The Balaban J connectivity index is 2.35. The van der Waals surface area contributed by atoms with Crippen LogP contribution in [0.1, 0.15) is 32.0 Å². The minimum atomic E-state index is 0.0545. The average Bonchev–Trinajstić information content (AvgIpc) is 2.43. The summed E-state index contributed by atoms with van der Waals surface area (Å²) in [5, 5.41) is 2.89. The van der Waals surface area contributed by atoms with Gasteiger partial charge in [0.05, 0.1) is 17.8 Å². The van der Waals surface area contributed by atoms with E-state index in [1.165, 1.54) is 5.56 Å². The number of rotatable bonds is 1. The van der Waals surface area contributed by atoms with Crippen LogP contribution in [0.5, 0.6) is 0 Å². The third-order valence-corrected chi connectivity index (χ3v) is 2.43. The Labute approximate surface area is 89.9 Å². The molecule has 1 amide bonds. The van der Waals surface area contributed by atoms with E-state index in [-0.39, 0.29) is 11.3 Å². The molecular weight excluding hydrogens is 188 g/mol. The largest absolute Gasteiger partial charge is 0.324 e. The van der Waals surface area contributed by atoms with Crippen LogP contribution in [0, 0.1) is 5.41 Å². The van der Waals surface area contributed by atoms with E-state index in [0.29, 0.717) is 6.42 Å². The number of carbonyl (C=O) groups excluding carboxylic acids is 1. The summed E-state index contributed by atoms with van der Waals surface area (Å²) in [6.45, 7) is 6.57. The lowest BCUT2D eigenvalue weighted by Crippen LogP contribution is -2.11. The van der Waals surface area contributed by atoms with Crippen LogP contribution in [0.4, 0.5) is 5.69 Å². The van der Waals surface area contributed by atoms with Gasteiger partial charge in [-0.05, 0) is 23.5 Å². The highest BCUT2D eigenvalue weighted by Gasteiger charge is 2.23. The topological polar surface area (TPSA) is 42.0 Å². The van der Waals surface area contributed by atoms with E-state index in [0.717, 1.165) is 17.8 Å². The predicted octanol–water partition coefficient (Wildman–Crippen LogP) is 2.16. The number of pyridine rings is 1. The van der Waals surface area contributed by atoms with Gasteiger partial charge in [0.25, 0.3) is 0 Å². The zero-order valence-corrected chi connectivity index (χ0v) is 9.42. The minimum absolute atomic E-state index is 0.0545. The molecule has 0 saturated carbocycles. The van der Waals surface area contributed by atoms with Crippen LogP contribution >= 0.6 is 0 Å². The van der Waals surface area contributed by atoms with E-state index in [1.54, 1.807) is 6.20 Å². The number of hydrogen-bond acceptors (Lipinski definition) is 2. The van der Waals surface area contributed by atoms with Crippen LogP contribution in [0.25, 0.3) is 0 Å². The molecule has 3 nitrogen and oxygen atoms in total. The van der Waals surface area contributed by atoms with Crippen LogP contribution in [0.2, 0.25) is 0 Å². The van der Waals surface area contributed by atoms with Crippen LogP contribution in [-0.2, 0) is 17.6 Å². The third-order valence-electron chi connectivity index (χ3n) is 2.43. The third kappa shape index (κ3) is 2.17. The molecule has 1 aliphatic heterocycles. The summed E-state index contributed by atoms with van der Waals surface area (Å²) in [6.07, 6.45) is 3.17. The summed E-state index contributed by atoms with van der Waals surface area (Å²) in [7, 11) is 0. The van der Waals surface area contributed by atoms with Crippen molar-refractivity contribution >= 4 is 11.6 Å². The molecule has 0 bridgehead atoms. The second-order valence-electron chi connectivity index (χ2n) is 5.25. The zero-order valence-electron chi connectivity index (χ0n) is 9.42. The summed E-state index contributed by atoms with van der Waals surface area (Å²) in [5.41, 5.74) is 3.25. The van der Waals surface area contributed by atoms with Crippen LogP contribution in [0.15, 0.2) is 12.3 Å². The molecule has 3 heteroatoms. The van der Waals surface area contributed by atoms with Crippen molar-refractivity contribution in [2.45, 2.75) is 33.6 Å². The molecule has 1 N–H and O–H groups in total. The Morgan fingerprint density at radius 2 is 2.20 bits per heavy atom. The first-order valence-electron chi connectivity index (χ1n) is 5.22. The number of anilines is 1. The molecule has 0 unspecified atom stereocenters. The Bertz CT molecular complexity index is 405. The summed E-state index contributed by atoms with van der Waals surface area (Å²) < 4.78 is 0. The molecule has 0 saturated heterocycles. The Morgan fingerprint density at radius 1 is 1.47 bits per heavy atom. The van der Waals surface area contributed by atoms with Crippen molar-refractivity contribution in [3.63, 3.8) is 0 Å². The molecule has 0 aromatic carbocycles. The lowest BCUT2D eigenvalue weighted by Gasteiger charge is -2.19. The van der Waals surface area contributed by atoms with Crippen molar-refractivity contribution in [2.24, 2.45) is 5.41 Å². The number of hydrogen-bond donors (Lipinski definition) is 1. The van der Waals surface area contributed by atoms with Crippen molar-refractivity contribution in [1.29, 1.82) is 0 Å². The number of nitrogens with one attached hydrogen (secondary N) is 1. The molecule has 15 heavy (non-hydrogen) atoms. The fraction of sp³-hybridized carbons (Fsp3) is 0.500. The summed E-state index contributed by atoms with van der Waals surface area (Å²) >= 11 is 0. The van der Waals surface area contributed by atoms with Crippen LogP contribution < -0.4 is 5.32 Å². The molecule has 2 heterocycles. The second-order valence-corrected chi connectivity index (χ2v) is 5.25. The van der Waals surface area contributed by atoms with E-state index in [2.05, 4.69) is 31.1 Å². The zero-order chi connectivity index (χ0) is 11.1. The van der Waals surface area contributed by atoms with Gasteiger partial charge in [0, 0.05) is 6.20 Å². The highest BCUT2D eigenvalue weighted by atomic mass is 16.1. The Hall–Kier alpha value is -1.38. The molecule has 2 rings (SSSR count). The first-order valence-corrected chi connectivity index (χ1v) is 5.22. The quantitative estimate of drug-likeness (QED) is 0.761. The normalized spacial score (nSPS) is 15.0. The van der Waals surface area contributed by atoms with Crippen molar-refractivity contribution in [3.05, 3.63) is 23.5 Å². The number of amides is 1. The minimum Gasteiger partial charge on any atom is -0.324 e. The average molecular weight is 204 g/mol. The van der Waals surface area contributed by atoms with E-state index in [4.69, 9.17) is 0 Å². The number of aromatic nitrogens is 1. The highest BCUT2D eigenvalue weighted by molar-refractivity contribution is 5.99. The highest BCUT2D eigenvalue weighted by Crippen LogP contribution is 2.30. The molecule has 0 fully saturated rings. The Kier molecular flexibility index (Phi) is 2.25. The fourth-order valence-electron chi connectivity index (χ4n) is 1.89. The van der Waals surface area contributed by atoms with Crippen molar-refractivity contribution < 1.29 is 4.79 Å². The maximum atomic E-state index is 11.3. The van der Waals surface area contributed by atoms with Gasteiger partial charge in [-0.15, -0.1) is 0 Å². The van der Waals surface area contributed by atoms with Crippen LogP contribution in [-0.4, -0.2) is 10.9 Å². The molecule has 1 aliphatic rings. The van der Waals surface area contributed by atoms with E-state index in [1.807, 2.05) is 6.07 Å². The molecule has 80 valence electrons. The van der Waals surface area contributed by atoms with Gasteiger partial charge in [-0.3, -0.25) is 9.78 Å². The van der Waals surface area contributed by atoms with Crippen molar-refractivity contribution in [2.75, 3.05) is 5.32 Å². The number of fused-ring (bicyclic) bond motifs is 1. The SMILES string of the molecule is CC(C)(C)Cc1ccnc2c1NC(=O)C2. The maximum absolute atomic E-state index is 11.3. The van der Waals surface area contributed by atoms with Gasteiger partial charge in [0.15, 0.2) is 0 Å². The molecule has 1 aromatic heterocycles. The molecule has 0 aliphatic carbocycles. The van der Waals surface area contributed by atoms with E-state index in [9.17, 15) is 4.79 Å². The monoisotopic (exact) mass is 204 g/mol. The fourth-order valence-corrected chi connectivity index (χ4v) is 1.89. The molecule has 0 atom stereocenters. The number of nitrogens with zero attached hydrogens (tertiary/aromatic N) is 1. The molecular formula is C12H16N2O. The second kappa shape index (κ2) is 3.33. The van der Waals surface area contributed by atoms with Gasteiger partial charge in [0.1, 0.15) is 0 Å². The summed E-state index contributed by atoms with van der Waals surface area (Å²) in [5.74, 6) is 0.0545. The summed E-state index contributed by atoms with van der Waals surface area (Å²) in [6, 6.07) is 2.00. The van der Waals surface area contributed by atoms with Gasteiger partial charge >= 0.3 is 0 Å². The van der Waals surface area contributed by atoms with Gasteiger partial charge in [0.2, 0.25) is 5.91 Å².